The molecule has 1 aliphatic heterocycles. The van der Waals surface area contributed by atoms with E-state index in [0.29, 0.717) is 13.0 Å². The second kappa shape index (κ2) is 2.53. The molecule has 2 N–H and O–H groups in total. The lowest BCUT2D eigenvalue weighted by Crippen LogP contribution is -2.39. The summed E-state index contributed by atoms with van der Waals surface area (Å²) in [6.07, 6.45) is 0.390. The molecule has 1 aliphatic rings. The molecular weight excluding hydrogens is 138 g/mol. The summed E-state index contributed by atoms with van der Waals surface area (Å²) in [5.41, 5.74) is 0.106. The Morgan fingerprint density at radius 2 is 2.40 bits per heavy atom. The minimum Gasteiger partial charge on any atom is -0.395 e. The van der Waals surface area contributed by atoms with Crippen LogP contribution in [0.25, 0.3) is 0 Å². The Morgan fingerprint density at radius 3 is 2.80 bits per heavy atom. The van der Waals surface area contributed by atoms with E-state index in [1.54, 1.807) is 0 Å². The van der Waals surface area contributed by atoms with Gasteiger partial charge in [0.05, 0.1) is 0 Å². The highest BCUT2D eigenvalue weighted by Crippen LogP contribution is 2.12. The molecule has 0 atom stereocenters. The molecule has 1 rings (SSSR count). The SMILES string of the molecule is COC(O)(O)C1=NOCC1. The van der Waals surface area contributed by atoms with Gasteiger partial charge in [-0.1, -0.05) is 5.16 Å². The summed E-state index contributed by atoms with van der Waals surface area (Å²) < 4.78 is 4.32. The van der Waals surface area contributed by atoms with Crippen LogP contribution in [0.3, 0.4) is 0 Å². The van der Waals surface area contributed by atoms with Crippen LogP contribution in [0.1, 0.15) is 6.42 Å². The van der Waals surface area contributed by atoms with Crippen LogP contribution in [0.15, 0.2) is 5.16 Å². The highest BCUT2D eigenvalue weighted by molar-refractivity contribution is 5.89. The van der Waals surface area contributed by atoms with Gasteiger partial charge in [-0.25, -0.2) is 0 Å². The summed E-state index contributed by atoms with van der Waals surface area (Å²) >= 11 is 0. The maximum atomic E-state index is 8.95. The highest BCUT2D eigenvalue weighted by Gasteiger charge is 2.33. The van der Waals surface area contributed by atoms with Crippen LogP contribution in [0.2, 0.25) is 0 Å². The van der Waals surface area contributed by atoms with Crippen molar-refractivity contribution >= 4 is 5.71 Å². The van der Waals surface area contributed by atoms with Crippen molar-refractivity contribution in [3.63, 3.8) is 0 Å². The van der Waals surface area contributed by atoms with E-state index >= 15 is 0 Å². The van der Waals surface area contributed by atoms with Crippen LogP contribution in [0.5, 0.6) is 0 Å². The van der Waals surface area contributed by atoms with Gasteiger partial charge in [0.1, 0.15) is 12.3 Å². The van der Waals surface area contributed by atoms with E-state index in [0.717, 1.165) is 0 Å². The predicted octanol–water partition coefficient (Wildman–Crippen LogP) is -0.953. The normalized spacial score (nSPS) is 18.5. The fourth-order valence-corrected chi connectivity index (χ4v) is 0.652. The van der Waals surface area contributed by atoms with E-state index in [1.165, 1.54) is 7.11 Å². The Hall–Kier alpha value is -0.650. The van der Waals surface area contributed by atoms with Crippen molar-refractivity contribution in [1.29, 1.82) is 0 Å². The number of hydrogen-bond acceptors (Lipinski definition) is 5. The molecule has 0 saturated carbocycles. The Morgan fingerprint density at radius 1 is 1.70 bits per heavy atom. The summed E-state index contributed by atoms with van der Waals surface area (Å²) in [5, 5.41) is 21.3. The van der Waals surface area contributed by atoms with Gasteiger partial charge < -0.3 is 19.8 Å². The summed E-state index contributed by atoms with van der Waals surface area (Å²) in [6, 6.07) is 0. The molecule has 0 amide bonds. The Labute approximate surface area is 57.9 Å². The second-order valence-corrected chi connectivity index (χ2v) is 1.93. The zero-order valence-corrected chi connectivity index (χ0v) is 5.57. The first kappa shape index (κ1) is 7.46. The van der Waals surface area contributed by atoms with Crippen molar-refractivity contribution in [1.82, 2.24) is 0 Å². The van der Waals surface area contributed by atoms with Crippen LogP contribution in [-0.2, 0) is 9.57 Å². The molecule has 0 aromatic rings. The minimum absolute atomic E-state index is 0.106. The molecule has 0 fully saturated rings. The van der Waals surface area contributed by atoms with E-state index in [1.807, 2.05) is 0 Å². The van der Waals surface area contributed by atoms with Crippen molar-refractivity contribution in [3.8, 4) is 0 Å². The minimum atomic E-state index is -2.25. The molecule has 58 valence electrons. The highest BCUT2D eigenvalue weighted by atomic mass is 16.8. The first-order chi connectivity index (χ1) is 4.67. The van der Waals surface area contributed by atoms with E-state index in [2.05, 4.69) is 14.7 Å². The van der Waals surface area contributed by atoms with Gasteiger partial charge in [0, 0.05) is 13.5 Å². The van der Waals surface area contributed by atoms with Crippen LogP contribution in [-0.4, -0.2) is 35.6 Å². The third-order valence-corrected chi connectivity index (χ3v) is 1.27. The fraction of sp³-hybridized carbons (Fsp3) is 0.800. The van der Waals surface area contributed by atoms with Crippen molar-refractivity contribution < 1.29 is 19.8 Å². The molecule has 0 bridgehead atoms. The number of oxime groups is 1. The Bertz CT molecular complexity index is 154. The number of methoxy groups -OCH3 is 1. The number of ether oxygens (including phenoxy) is 1. The van der Waals surface area contributed by atoms with Crippen molar-refractivity contribution in [2.45, 2.75) is 12.4 Å². The number of aliphatic hydroxyl groups is 2. The molecule has 1 heterocycles. The molecule has 0 aromatic heterocycles. The van der Waals surface area contributed by atoms with E-state index < -0.39 is 5.97 Å². The first-order valence-electron chi connectivity index (χ1n) is 2.86. The smallest absolute Gasteiger partial charge is 0.324 e. The topological polar surface area (TPSA) is 71.3 Å². The molecule has 0 aliphatic carbocycles. The van der Waals surface area contributed by atoms with Crippen molar-refractivity contribution in [2.24, 2.45) is 5.16 Å². The zero-order valence-electron chi connectivity index (χ0n) is 5.57. The predicted molar refractivity (Wildman–Crippen MR) is 32.2 cm³/mol. The third-order valence-electron chi connectivity index (χ3n) is 1.27. The van der Waals surface area contributed by atoms with Gasteiger partial charge in [-0.2, -0.15) is 0 Å². The maximum absolute atomic E-state index is 8.95. The van der Waals surface area contributed by atoms with Crippen LogP contribution in [0, 0.1) is 0 Å². The number of hydrogen-bond donors (Lipinski definition) is 2. The summed E-state index contributed by atoms with van der Waals surface area (Å²) in [4.78, 5) is 4.53. The van der Waals surface area contributed by atoms with E-state index in [-0.39, 0.29) is 5.71 Å². The van der Waals surface area contributed by atoms with Crippen molar-refractivity contribution in [2.75, 3.05) is 13.7 Å². The van der Waals surface area contributed by atoms with Crippen LogP contribution < -0.4 is 0 Å². The van der Waals surface area contributed by atoms with Crippen molar-refractivity contribution in [3.05, 3.63) is 0 Å². The molecule has 5 heteroatoms. The van der Waals surface area contributed by atoms with Gasteiger partial charge in [0.2, 0.25) is 0 Å². The molecular formula is C5H9NO4. The average molecular weight is 147 g/mol. The number of rotatable bonds is 2. The van der Waals surface area contributed by atoms with Gasteiger partial charge >= 0.3 is 5.97 Å². The lowest BCUT2D eigenvalue weighted by Gasteiger charge is -2.16. The third kappa shape index (κ3) is 1.26. The summed E-state index contributed by atoms with van der Waals surface area (Å²) in [6.45, 7) is 0.377. The standard InChI is InChI=1S/C5H9NO4/c1-9-5(7,8)4-2-3-10-6-4/h7-8H,2-3H2,1H3. The van der Waals surface area contributed by atoms with Gasteiger partial charge in [0.15, 0.2) is 0 Å². The van der Waals surface area contributed by atoms with E-state index in [4.69, 9.17) is 10.2 Å². The molecule has 0 saturated heterocycles. The molecule has 10 heavy (non-hydrogen) atoms. The fourth-order valence-electron chi connectivity index (χ4n) is 0.652. The zero-order chi connectivity index (χ0) is 7.61. The van der Waals surface area contributed by atoms with Gasteiger partial charge in [0.25, 0.3) is 0 Å². The second-order valence-electron chi connectivity index (χ2n) is 1.93. The lowest BCUT2D eigenvalue weighted by molar-refractivity contribution is -0.273. The summed E-state index contributed by atoms with van der Waals surface area (Å²) in [7, 11) is 1.18. The number of nitrogens with zero attached hydrogens (tertiary/aromatic N) is 1. The first-order valence-corrected chi connectivity index (χ1v) is 2.86. The Balaban J connectivity index is 2.62. The molecule has 5 nitrogen and oxygen atoms in total. The average Bonchev–Trinajstić information content (AvgIpc) is 2.38. The van der Waals surface area contributed by atoms with Gasteiger partial charge in [-0.15, -0.1) is 0 Å². The maximum Gasteiger partial charge on any atom is 0.324 e. The largest absolute Gasteiger partial charge is 0.395 e. The molecule has 0 unspecified atom stereocenters. The Kier molecular flexibility index (Phi) is 1.89. The van der Waals surface area contributed by atoms with Gasteiger partial charge in [-0.05, 0) is 0 Å². The quantitative estimate of drug-likeness (QED) is 0.494. The van der Waals surface area contributed by atoms with Crippen LogP contribution >= 0.6 is 0 Å². The van der Waals surface area contributed by atoms with E-state index in [9.17, 15) is 0 Å². The van der Waals surface area contributed by atoms with Gasteiger partial charge in [-0.3, -0.25) is 0 Å². The van der Waals surface area contributed by atoms with Crippen LogP contribution in [0.4, 0.5) is 0 Å². The lowest BCUT2D eigenvalue weighted by atomic mass is 10.2. The molecule has 0 radical (unpaired) electrons. The molecule has 0 aromatic carbocycles. The monoisotopic (exact) mass is 147 g/mol. The molecule has 0 spiro atoms. The summed E-state index contributed by atoms with van der Waals surface area (Å²) in [5.74, 6) is -2.25.